The minimum Gasteiger partial charge on any atom is -0.304 e. The summed E-state index contributed by atoms with van der Waals surface area (Å²) < 4.78 is 0. The summed E-state index contributed by atoms with van der Waals surface area (Å²) in [6.07, 6.45) is 4.77. The maximum atomic E-state index is 5.42. The zero-order valence-corrected chi connectivity index (χ0v) is 9.11. The fourth-order valence-electron chi connectivity index (χ4n) is 1.07. The molecule has 1 unspecified atom stereocenters. The van der Waals surface area contributed by atoms with E-state index in [0.29, 0.717) is 6.04 Å². The molecular weight excluding hydrogens is 204 g/mol. The van der Waals surface area contributed by atoms with Gasteiger partial charge >= 0.3 is 0 Å². The molecule has 1 aromatic rings. The average molecular weight is 217 g/mol. The van der Waals surface area contributed by atoms with Crippen molar-refractivity contribution in [3.05, 3.63) is 28.2 Å². The van der Waals surface area contributed by atoms with Crippen LogP contribution in [0.1, 0.15) is 24.4 Å². The first-order valence-electron chi connectivity index (χ1n) is 4.26. The number of nitrogens with zero attached hydrogens (tertiary/aromatic N) is 1. The monoisotopic (exact) mass is 216 g/mol. The number of halogens is 1. The van der Waals surface area contributed by atoms with Gasteiger partial charge in [-0.2, -0.15) is 0 Å². The third kappa shape index (κ3) is 3.46. The molecule has 0 saturated heterocycles. The van der Waals surface area contributed by atoms with E-state index in [9.17, 15) is 0 Å². The van der Waals surface area contributed by atoms with E-state index in [-0.39, 0.29) is 0 Å². The number of hydrogen-bond donors (Lipinski definition) is 1. The Hall–Kier alpha value is -0.380. The van der Waals surface area contributed by atoms with Crippen LogP contribution in [-0.4, -0.2) is 11.5 Å². The maximum absolute atomic E-state index is 5.42. The van der Waals surface area contributed by atoms with Crippen LogP contribution in [0.2, 0.25) is 0 Å². The number of nitrogens with one attached hydrogen (secondary N) is 1. The molecule has 1 N–H and O–H groups in total. The lowest BCUT2D eigenvalue weighted by Crippen LogP contribution is -2.20. The Morgan fingerprint density at radius 1 is 1.77 bits per heavy atom. The summed E-state index contributed by atoms with van der Waals surface area (Å²) >= 11 is 7.10. The normalized spacial score (nSPS) is 13.7. The molecule has 72 valence electrons. The van der Waals surface area contributed by atoms with Gasteiger partial charge < -0.3 is 5.32 Å². The fraction of sp³-hybridized carbons (Fsp3) is 0.444. The third-order valence-electron chi connectivity index (χ3n) is 1.73. The van der Waals surface area contributed by atoms with Gasteiger partial charge in [0.1, 0.15) is 5.01 Å². The highest BCUT2D eigenvalue weighted by Crippen LogP contribution is 2.18. The minimum absolute atomic E-state index is 0.355. The molecule has 0 aliphatic heterocycles. The van der Waals surface area contributed by atoms with Crippen LogP contribution < -0.4 is 5.32 Å². The largest absolute Gasteiger partial charge is 0.304 e. The van der Waals surface area contributed by atoms with Crippen molar-refractivity contribution in [1.29, 1.82) is 0 Å². The van der Waals surface area contributed by atoms with Crippen molar-refractivity contribution in [1.82, 2.24) is 10.3 Å². The molecule has 0 aromatic carbocycles. The highest BCUT2D eigenvalue weighted by atomic mass is 35.5. The van der Waals surface area contributed by atoms with Crippen molar-refractivity contribution in [3.8, 4) is 0 Å². The van der Waals surface area contributed by atoms with Crippen molar-refractivity contribution in [2.75, 3.05) is 6.54 Å². The van der Waals surface area contributed by atoms with E-state index in [2.05, 4.69) is 17.2 Å². The second-order valence-electron chi connectivity index (χ2n) is 2.60. The Kier molecular flexibility index (Phi) is 5.05. The Morgan fingerprint density at radius 3 is 3.15 bits per heavy atom. The molecule has 0 radical (unpaired) electrons. The lowest BCUT2D eigenvalue weighted by atomic mass is 10.2. The number of thiazole rings is 1. The standard InChI is InChI=1S/C9H13ClN2S/c1-2-8(11-5-3-4-10)9-12-6-7-13-9/h3-4,6-8,11H,2,5H2,1H3/b4-3+. The first-order valence-corrected chi connectivity index (χ1v) is 5.58. The summed E-state index contributed by atoms with van der Waals surface area (Å²) in [5, 5.41) is 6.49. The quantitative estimate of drug-likeness (QED) is 0.819. The summed E-state index contributed by atoms with van der Waals surface area (Å²) in [5.74, 6) is 0. The minimum atomic E-state index is 0.355. The van der Waals surface area contributed by atoms with Crippen molar-refractivity contribution < 1.29 is 0 Å². The smallest absolute Gasteiger partial charge is 0.109 e. The molecule has 0 spiro atoms. The van der Waals surface area contributed by atoms with Gasteiger partial charge in [0.15, 0.2) is 0 Å². The number of hydrogen-bond acceptors (Lipinski definition) is 3. The zero-order valence-electron chi connectivity index (χ0n) is 7.53. The molecular formula is C9H13ClN2S. The van der Waals surface area contributed by atoms with Crippen LogP contribution in [0.25, 0.3) is 0 Å². The summed E-state index contributed by atoms with van der Waals surface area (Å²) in [4.78, 5) is 4.27. The van der Waals surface area contributed by atoms with Crippen molar-refractivity contribution in [2.45, 2.75) is 19.4 Å². The first kappa shape index (κ1) is 10.7. The molecule has 1 heterocycles. The third-order valence-corrected chi connectivity index (χ3v) is 2.80. The van der Waals surface area contributed by atoms with E-state index in [1.54, 1.807) is 11.3 Å². The molecule has 0 fully saturated rings. The SMILES string of the molecule is CCC(NC/C=C/Cl)c1nccs1. The van der Waals surface area contributed by atoms with E-state index in [0.717, 1.165) is 18.0 Å². The Labute approximate surface area is 87.6 Å². The second kappa shape index (κ2) is 6.13. The fourth-order valence-corrected chi connectivity index (χ4v) is 1.95. The van der Waals surface area contributed by atoms with Gasteiger partial charge in [-0.25, -0.2) is 4.98 Å². The van der Waals surface area contributed by atoms with E-state index < -0.39 is 0 Å². The lowest BCUT2D eigenvalue weighted by Gasteiger charge is -2.11. The van der Waals surface area contributed by atoms with Gasteiger partial charge in [0, 0.05) is 23.7 Å². The van der Waals surface area contributed by atoms with Crippen molar-refractivity contribution in [2.24, 2.45) is 0 Å². The van der Waals surface area contributed by atoms with E-state index in [1.807, 2.05) is 17.7 Å². The maximum Gasteiger partial charge on any atom is 0.109 e. The number of rotatable bonds is 5. The van der Waals surface area contributed by atoms with Crippen LogP contribution in [0.15, 0.2) is 23.2 Å². The van der Waals surface area contributed by atoms with Crippen LogP contribution in [0.3, 0.4) is 0 Å². The molecule has 1 aromatic heterocycles. The molecule has 13 heavy (non-hydrogen) atoms. The Morgan fingerprint density at radius 2 is 2.62 bits per heavy atom. The second-order valence-corrected chi connectivity index (χ2v) is 3.78. The molecule has 0 bridgehead atoms. The summed E-state index contributed by atoms with van der Waals surface area (Å²) in [7, 11) is 0. The predicted octanol–water partition coefficient (Wildman–Crippen LogP) is 2.94. The van der Waals surface area contributed by atoms with Crippen molar-refractivity contribution >= 4 is 22.9 Å². The molecule has 1 rings (SSSR count). The van der Waals surface area contributed by atoms with E-state index in [1.165, 1.54) is 5.54 Å². The van der Waals surface area contributed by atoms with Crippen LogP contribution in [-0.2, 0) is 0 Å². The van der Waals surface area contributed by atoms with Gasteiger partial charge in [-0.05, 0) is 6.42 Å². The summed E-state index contributed by atoms with van der Waals surface area (Å²) in [6.45, 7) is 2.94. The molecule has 0 amide bonds. The lowest BCUT2D eigenvalue weighted by molar-refractivity contribution is 0.548. The van der Waals surface area contributed by atoms with Gasteiger partial charge in [-0.15, -0.1) is 11.3 Å². The molecule has 2 nitrogen and oxygen atoms in total. The average Bonchev–Trinajstić information content (AvgIpc) is 2.65. The van der Waals surface area contributed by atoms with Crippen molar-refractivity contribution in [3.63, 3.8) is 0 Å². The molecule has 0 saturated carbocycles. The predicted molar refractivity (Wildman–Crippen MR) is 58.1 cm³/mol. The Bertz CT molecular complexity index is 246. The highest BCUT2D eigenvalue weighted by molar-refractivity contribution is 7.09. The van der Waals surface area contributed by atoms with Crippen LogP contribution >= 0.6 is 22.9 Å². The highest BCUT2D eigenvalue weighted by Gasteiger charge is 2.09. The Balaban J connectivity index is 2.44. The van der Waals surface area contributed by atoms with Gasteiger partial charge in [0.25, 0.3) is 0 Å². The summed E-state index contributed by atoms with van der Waals surface area (Å²) in [6, 6.07) is 0.355. The topological polar surface area (TPSA) is 24.9 Å². The molecule has 0 aliphatic carbocycles. The first-order chi connectivity index (χ1) is 6.38. The van der Waals surface area contributed by atoms with Gasteiger partial charge in [-0.1, -0.05) is 24.6 Å². The van der Waals surface area contributed by atoms with Crippen LogP contribution in [0, 0.1) is 0 Å². The summed E-state index contributed by atoms with van der Waals surface area (Å²) in [5.41, 5.74) is 1.53. The van der Waals surface area contributed by atoms with Crippen LogP contribution in [0.5, 0.6) is 0 Å². The van der Waals surface area contributed by atoms with Gasteiger partial charge in [0.05, 0.1) is 6.04 Å². The van der Waals surface area contributed by atoms with Gasteiger partial charge in [0.2, 0.25) is 0 Å². The van der Waals surface area contributed by atoms with E-state index in [4.69, 9.17) is 11.6 Å². The molecule has 4 heteroatoms. The molecule has 0 aliphatic rings. The number of aromatic nitrogens is 1. The van der Waals surface area contributed by atoms with Crippen LogP contribution in [0.4, 0.5) is 0 Å². The zero-order chi connectivity index (χ0) is 9.52. The van der Waals surface area contributed by atoms with Gasteiger partial charge in [-0.3, -0.25) is 0 Å². The molecule has 1 atom stereocenters. The van der Waals surface area contributed by atoms with E-state index >= 15 is 0 Å².